The molecule has 1 atom stereocenters. The molecule has 0 N–H and O–H groups in total. The number of rotatable bonds is 8. The second-order valence-corrected chi connectivity index (χ2v) is 6.83. The SMILES string of the molecule is CCOC(=O)C(C#N)c1sccc1C(F)(F)C(F)(F)C(F)(F)C(F)(F)C(F)(F)C(F)(F)F. The van der Waals surface area contributed by atoms with Crippen molar-refractivity contribution in [2.24, 2.45) is 0 Å². The van der Waals surface area contributed by atoms with E-state index in [-0.39, 0.29) is 17.4 Å². The topological polar surface area (TPSA) is 50.1 Å². The van der Waals surface area contributed by atoms with Crippen molar-refractivity contribution in [1.29, 1.82) is 5.26 Å². The standard InChI is InChI=1S/C15H8F13NO2S/c1-2-31-9(30)6(5-29)8-7(3-4-32-8)10(16,17)11(18,19)12(20,21)13(22,23)14(24,25)15(26,27)28/h3-4,6H,2H2,1H3. The predicted octanol–water partition coefficient (Wildman–Crippen LogP) is 6.11. The molecule has 0 saturated heterocycles. The summed E-state index contributed by atoms with van der Waals surface area (Å²) in [7, 11) is 0. The van der Waals surface area contributed by atoms with Crippen LogP contribution in [0, 0.1) is 11.3 Å². The molecule has 0 aliphatic carbocycles. The van der Waals surface area contributed by atoms with E-state index in [2.05, 4.69) is 4.74 Å². The van der Waals surface area contributed by atoms with E-state index >= 15 is 0 Å². The van der Waals surface area contributed by atoms with Gasteiger partial charge >= 0.3 is 41.8 Å². The Balaban J connectivity index is 3.67. The summed E-state index contributed by atoms with van der Waals surface area (Å²) in [6.07, 6.45) is -7.52. The van der Waals surface area contributed by atoms with Crippen molar-refractivity contribution in [1.82, 2.24) is 0 Å². The second-order valence-electron chi connectivity index (χ2n) is 5.88. The van der Waals surface area contributed by atoms with Crippen molar-refractivity contribution in [2.45, 2.75) is 48.6 Å². The zero-order valence-electron chi connectivity index (χ0n) is 15.0. The van der Waals surface area contributed by atoms with Crippen molar-refractivity contribution in [3.63, 3.8) is 0 Å². The number of alkyl halides is 13. The summed E-state index contributed by atoms with van der Waals surface area (Å²) in [5, 5.41) is 9.33. The molecule has 0 aliphatic heterocycles. The molecule has 1 unspecified atom stereocenters. The molecule has 3 nitrogen and oxygen atoms in total. The fraction of sp³-hybridized carbons (Fsp3) is 0.600. The van der Waals surface area contributed by atoms with Crippen LogP contribution < -0.4 is 0 Å². The minimum absolute atomic E-state index is 0.0899. The Morgan fingerprint density at radius 2 is 1.41 bits per heavy atom. The number of nitrogens with zero attached hydrogens (tertiary/aromatic N) is 1. The number of thiophene rings is 1. The third kappa shape index (κ3) is 3.86. The van der Waals surface area contributed by atoms with Gasteiger partial charge in [-0.15, -0.1) is 11.3 Å². The number of ether oxygens (including phenoxy) is 1. The van der Waals surface area contributed by atoms with Gasteiger partial charge in [-0.3, -0.25) is 4.79 Å². The molecule has 0 amide bonds. The van der Waals surface area contributed by atoms with E-state index in [9.17, 15) is 61.9 Å². The van der Waals surface area contributed by atoms with Crippen molar-refractivity contribution in [2.75, 3.05) is 6.61 Å². The van der Waals surface area contributed by atoms with Crippen molar-refractivity contribution in [3.05, 3.63) is 21.9 Å². The van der Waals surface area contributed by atoms with Crippen molar-refractivity contribution in [3.8, 4) is 6.07 Å². The number of carbonyl (C=O) groups is 1. The average molecular weight is 513 g/mol. The molecule has 0 aliphatic rings. The van der Waals surface area contributed by atoms with Crippen molar-refractivity contribution < 1.29 is 66.6 Å². The molecule has 1 heterocycles. The summed E-state index contributed by atoms with van der Waals surface area (Å²) in [4.78, 5) is 10.2. The number of esters is 1. The monoisotopic (exact) mass is 513 g/mol. The molecule has 0 radical (unpaired) electrons. The van der Waals surface area contributed by atoms with Gasteiger partial charge in [0.25, 0.3) is 0 Å². The Bertz CT molecular complexity index is 885. The highest BCUT2D eigenvalue weighted by atomic mass is 32.1. The molecule has 0 aromatic carbocycles. The van der Waals surface area contributed by atoms with Gasteiger partial charge in [0.2, 0.25) is 0 Å². The third-order valence-corrected chi connectivity index (χ3v) is 4.86. The molecule has 17 heteroatoms. The Labute approximate surface area is 173 Å². The van der Waals surface area contributed by atoms with E-state index in [0.29, 0.717) is 5.38 Å². The molecule has 0 bridgehead atoms. The summed E-state index contributed by atoms with van der Waals surface area (Å²) < 4.78 is 177. The maximum Gasteiger partial charge on any atom is 0.460 e. The van der Waals surface area contributed by atoms with Crippen LogP contribution in [0.2, 0.25) is 0 Å². The first-order valence-corrected chi connectivity index (χ1v) is 8.64. The molecule has 1 aromatic heterocycles. The quantitative estimate of drug-likeness (QED) is 0.311. The summed E-state index contributed by atoms with van der Waals surface area (Å²) in [5.41, 5.74) is -2.35. The lowest BCUT2D eigenvalue weighted by atomic mass is 9.89. The highest BCUT2D eigenvalue weighted by Crippen LogP contribution is 2.62. The van der Waals surface area contributed by atoms with Crippen LogP contribution in [0.3, 0.4) is 0 Å². The lowest BCUT2D eigenvalue weighted by molar-refractivity contribution is -0.441. The Kier molecular flexibility index (Phi) is 7.18. The molecule has 0 saturated carbocycles. The van der Waals surface area contributed by atoms with Crippen LogP contribution in [0.4, 0.5) is 57.1 Å². The normalized spacial score (nSPS) is 15.3. The van der Waals surface area contributed by atoms with E-state index in [1.54, 1.807) is 0 Å². The third-order valence-electron chi connectivity index (χ3n) is 3.88. The van der Waals surface area contributed by atoms with Crippen LogP contribution in [0.1, 0.15) is 23.3 Å². The van der Waals surface area contributed by atoms with Gasteiger partial charge in [-0.05, 0) is 18.4 Å². The van der Waals surface area contributed by atoms with Crippen LogP contribution in [0.5, 0.6) is 0 Å². The van der Waals surface area contributed by atoms with Crippen LogP contribution in [-0.2, 0) is 15.5 Å². The van der Waals surface area contributed by atoms with Crippen LogP contribution >= 0.6 is 11.3 Å². The van der Waals surface area contributed by atoms with Gasteiger partial charge in [0, 0.05) is 10.4 Å². The number of carbonyl (C=O) groups excluding carboxylic acids is 1. The molecule has 0 spiro atoms. The van der Waals surface area contributed by atoms with Gasteiger partial charge in [-0.25, -0.2) is 0 Å². The minimum Gasteiger partial charge on any atom is -0.465 e. The van der Waals surface area contributed by atoms with Gasteiger partial charge in [0.1, 0.15) is 0 Å². The van der Waals surface area contributed by atoms with Crippen LogP contribution in [0.25, 0.3) is 0 Å². The Morgan fingerprint density at radius 1 is 0.938 bits per heavy atom. The molecule has 182 valence electrons. The Hall–Kier alpha value is -2.25. The van der Waals surface area contributed by atoms with Crippen LogP contribution in [-0.4, -0.2) is 42.4 Å². The van der Waals surface area contributed by atoms with Crippen molar-refractivity contribution >= 4 is 17.3 Å². The average Bonchev–Trinajstić information content (AvgIpc) is 3.11. The summed E-state index contributed by atoms with van der Waals surface area (Å²) in [5.74, 6) is -42.1. The second kappa shape index (κ2) is 8.27. The van der Waals surface area contributed by atoms with Gasteiger partial charge in [-0.2, -0.15) is 62.3 Å². The van der Waals surface area contributed by atoms with E-state index in [1.165, 1.54) is 0 Å². The summed E-state index contributed by atoms with van der Waals surface area (Å²) in [6.45, 7) is 0.689. The number of hydrogen-bond acceptors (Lipinski definition) is 4. The summed E-state index contributed by atoms with van der Waals surface area (Å²) >= 11 is -0.0899. The van der Waals surface area contributed by atoms with E-state index in [0.717, 1.165) is 13.0 Å². The number of hydrogen-bond donors (Lipinski definition) is 0. The smallest absolute Gasteiger partial charge is 0.460 e. The Morgan fingerprint density at radius 3 is 1.81 bits per heavy atom. The lowest BCUT2D eigenvalue weighted by Gasteiger charge is -2.39. The highest BCUT2D eigenvalue weighted by molar-refractivity contribution is 7.10. The fourth-order valence-electron chi connectivity index (χ4n) is 2.19. The van der Waals surface area contributed by atoms with Gasteiger partial charge in [-0.1, -0.05) is 0 Å². The molecule has 1 aromatic rings. The van der Waals surface area contributed by atoms with Gasteiger partial charge in [0.05, 0.1) is 12.7 Å². The first-order chi connectivity index (χ1) is 14.2. The van der Waals surface area contributed by atoms with E-state index in [4.69, 9.17) is 5.26 Å². The zero-order chi connectivity index (χ0) is 25.6. The predicted molar refractivity (Wildman–Crippen MR) is 79.0 cm³/mol. The largest absolute Gasteiger partial charge is 0.465 e. The van der Waals surface area contributed by atoms with Gasteiger partial charge < -0.3 is 4.74 Å². The molecular weight excluding hydrogens is 505 g/mol. The van der Waals surface area contributed by atoms with Crippen LogP contribution in [0.15, 0.2) is 11.4 Å². The molecule has 0 fully saturated rings. The summed E-state index contributed by atoms with van der Waals surface area (Å²) in [6, 6.07) is 0.902. The lowest BCUT2D eigenvalue weighted by Crippen LogP contribution is -2.69. The minimum atomic E-state index is -8.04. The first-order valence-electron chi connectivity index (χ1n) is 7.76. The first kappa shape index (κ1) is 27.8. The molecule has 32 heavy (non-hydrogen) atoms. The highest BCUT2D eigenvalue weighted by Gasteiger charge is 2.91. The molecule has 1 rings (SSSR count). The maximum atomic E-state index is 14.3. The van der Waals surface area contributed by atoms with Gasteiger partial charge in [0.15, 0.2) is 5.92 Å². The maximum absolute atomic E-state index is 14.3. The number of nitriles is 1. The fourth-order valence-corrected chi connectivity index (χ4v) is 3.15. The number of halogens is 13. The zero-order valence-corrected chi connectivity index (χ0v) is 15.8. The van der Waals surface area contributed by atoms with E-state index < -0.39 is 64.7 Å². The van der Waals surface area contributed by atoms with E-state index in [1.807, 2.05) is 0 Å². The molecular formula is C15H8F13NO2S.